The van der Waals surface area contributed by atoms with Gasteiger partial charge in [0.25, 0.3) is 5.91 Å². The van der Waals surface area contributed by atoms with Crippen LogP contribution in [0, 0.1) is 10.1 Å². The fraction of sp³-hybridized carbons (Fsp3) is 0.462. The smallest absolute Gasteiger partial charge is 0.312 e. The molecule has 7 nitrogen and oxygen atoms in total. The highest BCUT2D eigenvalue weighted by atomic mass is 35.5. The summed E-state index contributed by atoms with van der Waals surface area (Å²) in [6.45, 7) is 2.72. The Kier molecular flexibility index (Phi) is 6.39. The predicted octanol–water partition coefficient (Wildman–Crippen LogP) is 1.69. The van der Waals surface area contributed by atoms with Crippen LogP contribution in [0.2, 0.25) is 5.02 Å². The first kappa shape index (κ1) is 17.2. The summed E-state index contributed by atoms with van der Waals surface area (Å²) < 4.78 is 5.41. The minimum absolute atomic E-state index is 0.0206. The molecule has 0 saturated carbocycles. The quantitative estimate of drug-likeness (QED) is 0.611. The predicted molar refractivity (Wildman–Crippen MR) is 79.8 cm³/mol. The van der Waals surface area contributed by atoms with Gasteiger partial charge in [0, 0.05) is 31.2 Å². The molecule has 0 saturated heterocycles. The average molecular weight is 316 g/mol. The second-order valence-corrected chi connectivity index (χ2v) is 4.93. The molecule has 1 atom stereocenters. The number of nitro benzene ring substituents is 1. The van der Waals surface area contributed by atoms with Crippen LogP contribution in [-0.4, -0.2) is 49.0 Å². The summed E-state index contributed by atoms with van der Waals surface area (Å²) in [6.07, 6.45) is -0.827. The Bertz CT molecular complexity index is 524. The lowest BCUT2D eigenvalue weighted by atomic mass is 10.3. The zero-order valence-electron chi connectivity index (χ0n) is 12.1. The van der Waals surface area contributed by atoms with E-state index in [9.17, 15) is 14.9 Å². The minimum atomic E-state index is -0.827. The number of hydrogen-bond donors (Lipinski definition) is 1. The first-order valence-electron chi connectivity index (χ1n) is 6.37. The van der Waals surface area contributed by atoms with Gasteiger partial charge in [-0.25, -0.2) is 0 Å². The molecule has 1 rings (SSSR count). The van der Waals surface area contributed by atoms with Crippen molar-refractivity contribution in [1.29, 1.82) is 0 Å². The van der Waals surface area contributed by atoms with Gasteiger partial charge in [0.15, 0.2) is 11.9 Å². The van der Waals surface area contributed by atoms with Gasteiger partial charge in [0.05, 0.1) is 4.92 Å². The van der Waals surface area contributed by atoms with Gasteiger partial charge in [-0.05, 0) is 26.1 Å². The van der Waals surface area contributed by atoms with Crippen molar-refractivity contribution in [3.05, 3.63) is 33.3 Å². The summed E-state index contributed by atoms with van der Waals surface area (Å²) in [4.78, 5) is 24.0. The zero-order valence-corrected chi connectivity index (χ0v) is 12.9. The Balaban J connectivity index is 2.81. The molecule has 0 aromatic heterocycles. The van der Waals surface area contributed by atoms with Gasteiger partial charge in [-0.1, -0.05) is 11.6 Å². The molecule has 0 fully saturated rings. The van der Waals surface area contributed by atoms with E-state index >= 15 is 0 Å². The number of ether oxygens (including phenoxy) is 1. The van der Waals surface area contributed by atoms with Crippen molar-refractivity contribution in [3.8, 4) is 5.75 Å². The van der Waals surface area contributed by atoms with Gasteiger partial charge < -0.3 is 15.0 Å². The van der Waals surface area contributed by atoms with E-state index in [1.807, 2.05) is 0 Å². The molecular weight excluding hydrogens is 298 g/mol. The third-order valence-electron chi connectivity index (χ3n) is 2.84. The molecular formula is C13H18ClN3O4. The molecule has 1 aromatic rings. The number of carbonyl (C=O) groups excluding carboxylic acids is 1. The monoisotopic (exact) mass is 315 g/mol. The maximum atomic E-state index is 12.1. The standard InChI is InChI=1S/C13H18ClN3O4/c1-9(13(18)16(3)7-6-15-2)21-12-5-4-10(14)8-11(12)17(19)20/h4-5,8-9,15H,6-7H2,1-3H3. The normalized spacial score (nSPS) is 11.8. The largest absolute Gasteiger partial charge is 0.474 e. The highest BCUT2D eigenvalue weighted by Gasteiger charge is 2.23. The minimum Gasteiger partial charge on any atom is -0.474 e. The summed E-state index contributed by atoms with van der Waals surface area (Å²) in [7, 11) is 3.44. The molecule has 0 radical (unpaired) electrons. The van der Waals surface area contributed by atoms with Crippen molar-refractivity contribution in [3.63, 3.8) is 0 Å². The summed E-state index contributed by atoms with van der Waals surface area (Å²) in [6, 6.07) is 4.06. The fourth-order valence-electron chi connectivity index (χ4n) is 1.67. The van der Waals surface area contributed by atoms with Gasteiger partial charge >= 0.3 is 5.69 Å². The molecule has 1 aromatic carbocycles. The Labute approximate surface area is 128 Å². The third-order valence-corrected chi connectivity index (χ3v) is 3.08. The van der Waals surface area contributed by atoms with Gasteiger partial charge in [-0.15, -0.1) is 0 Å². The Morgan fingerprint density at radius 2 is 2.24 bits per heavy atom. The molecule has 0 aliphatic carbocycles. The number of benzene rings is 1. The lowest BCUT2D eigenvalue weighted by Gasteiger charge is -2.21. The van der Waals surface area contributed by atoms with E-state index in [0.29, 0.717) is 13.1 Å². The van der Waals surface area contributed by atoms with E-state index in [4.69, 9.17) is 16.3 Å². The maximum absolute atomic E-state index is 12.1. The van der Waals surface area contributed by atoms with Crippen LogP contribution in [0.4, 0.5) is 5.69 Å². The van der Waals surface area contributed by atoms with E-state index in [-0.39, 0.29) is 22.4 Å². The van der Waals surface area contributed by atoms with Crippen LogP contribution in [-0.2, 0) is 4.79 Å². The van der Waals surface area contributed by atoms with Gasteiger partial charge in [0.2, 0.25) is 0 Å². The lowest BCUT2D eigenvalue weighted by Crippen LogP contribution is -2.40. The van der Waals surface area contributed by atoms with Crippen LogP contribution in [0.5, 0.6) is 5.75 Å². The third kappa shape index (κ3) is 4.87. The number of nitrogens with one attached hydrogen (secondary N) is 1. The topological polar surface area (TPSA) is 84.7 Å². The average Bonchev–Trinajstić information content (AvgIpc) is 2.45. The summed E-state index contributed by atoms with van der Waals surface area (Å²) in [5.74, 6) is -0.234. The van der Waals surface area contributed by atoms with Crippen molar-refractivity contribution < 1.29 is 14.5 Å². The van der Waals surface area contributed by atoms with Crippen molar-refractivity contribution >= 4 is 23.2 Å². The highest BCUT2D eigenvalue weighted by molar-refractivity contribution is 6.30. The number of nitro groups is 1. The molecule has 0 spiro atoms. The van der Waals surface area contributed by atoms with Crippen LogP contribution in [0.3, 0.4) is 0 Å². The van der Waals surface area contributed by atoms with E-state index in [1.54, 1.807) is 21.0 Å². The zero-order chi connectivity index (χ0) is 16.0. The van der Waals surface area contributed by atoms with Crippen LogP contribution in [0.25, 0.3) is 0 Å². The first-order valence-corrected chi connectivity index (χ1v) is 6.74. The van der Waals surface area contributed by atoms with Crippen LogP contribution in [0.1, 0.15) is 6.92 Å². The summed E-state index contributed by atoms with van der Waals surface area (Å²) in [5, 5.41) is 14.1. The number of amides is 1. The molecule has 1 unspecified atom stereocenters. The summed E-state index contributed by atoms with van der Waals surface area (Å²) in [5.41, 5.74) is -0.264. The van der Waals surface area contributed by atoms with Crippen LogP contribution in [0.15, 0.2) is 18.2 Å². The first-order chi connectivity index (χ1) is 9.86. The van der Waals surface area contributed by atoms with Crippen molar-refractivity contribution in [2.24, 2.45) is 0 Å². The SMILES string of the molecule is CNCCN(C)C(=O)C(C)Oc1ccc(Cl)cc1[N+](=O)[O-]. The van der Waals surface area contributed by atoms with Crippen LogP contribution >= 0.6 is 11.6 Å². The number of halogens is 1. The van der Waals surface area contributed by atoms with E-state index in [1.165, 1.54) is 23.1 Å². The van der Waals surface area contributed by atoms with Gasteiger partial charge in [0.1, 0.15) is 0 Å². The molecule has 116 valence electrons. The number of hydrogen-bond acceptors (Lipinski definition) is 5. The second-order valence-electron chi connectivity index (χ2n) is 4.49. The summed E-state index contributed by atoms with van der Waals surface area (Å²) >= 11 is 5.73. The van der Waals surface area contributed by atoms with E-state index in [2.05, 4.69) is 5.32 Å². The molecule has 0 heterocycles. The lowest BCUT2D eigenvalue weighted by molar-refractivity contribution is -0.386. The van der Waals surface area contributed by atoms with Crippen LogP contribution < -0.4 is 10.1 Å². The van der Waals surface area contributed by atoms with Gasteiger partial charge in [-0.3, -0.25) is 14.9 Å². The maximum Gasteiger partial charge on any atom is 0.312 e. The molecule has 21 heavy (non-hydrogen) atoms. The molecule has 0 aliphatic heterocycles. The van der Waals surface area contributed by atoms with E-state index < -0.39 is 11.0 Å². The molecule has 1 amide bonds. The van der Waals surface area contributed by atoms with Crippen molar-refractivity contribution in [2.45, 2.75) is 13.0 Å². The molecule has 1 N–H and O–H groups in total. The molecule has 8 heteroatoms. The Morgan fingerprint density at radius 1 is 1.57 bits per heavy atom. The Morgan fingerprint density at radius 3 is 2.81 bits per heavy atom. The van der Waals surface area contributed by atoms with Gasteiger partial charge in [-0.2, -0.15) is 0 Å². The highest BCUT2D eigenvalue weighted by Crippen LogP contribution is 2.30. The Hall–Kier alpha value is -1.86. The fourth-order valence-corrected chi connectivity index (χ4v) is 1.84. The number of likely N-dealkylation sites (N-methyl/N-ethyl adjacent to an activating group) is 2. The number of rotatable bonds is 7. The number of carbonyl (C=O) groups is 1. The van der Waals surface area contributed by atoms with Crippen molar-refractivity contribution in [1.82, 2.24) is 10.2 Å². The number of nitrogens with zero attached hydrogens (tertiary/aromatic N) is 2. The molecule has 0 bridgehead atoms. The molecule has 0 aliphatic rings. The van der Waals surface area contributed by atoms with Crippen molar-refractivity contribution in [2.75, 3.05) is 27.2 Å². The second kappa shape index (κ2) is 7.80. The van der Waals surface area contributed by atoms with E-state index in [0.717, 1.165) is 0 Å².